The van der Waals surface area contributed by atoms with Crippen LogP contribution in [0.25, 0.3) is 0 Å². The van der Waals surface area contributed by atoms with Gasteiger partial charge in [0, 0.05) is 0 Å². The van der Waals surface area contributed by atoms with E-state index in [1.807, 2.05) is 12.1 Å². The van der Waals surface area contributed by atoms with Crippen molar-refractivity contribution in [1.29, 1.82) is 0 Å². The van der Waals surface area contributed by atoms with E-state index in [0.717, 1.165) is 5.75 Å². The van der Waals surface area contributed by atoms with E-state index < -0.39 is 0 Å². The molecule has 1 rings (SSSR count). The Labute approximate surface area is 80.7 Å². The molecular weight excluding hydrogens is 160 g/mol. The van der Waals surface area contributed by atoms with E-state index >= 15 is 0 Å². The van der Waals surface area contributed by atoms with Crippen LogP contribution in [0.15, 0.2) is 24.3 Å². The van der Waals surface area contributed by atoms with E-state index in [1.165, 1.54) is 5.56 Å². The first kappa shape index (κ1) is 10.1. The molecule has 0 aliphatic carbocycles. The molecule has 0 saturated heterocycles. The molecule has 0 fully saturated rings. The van der Waals surface area contributed by atoms with Gasteiger partial charge in [-0.15, -0.1) is 0 Å². The second-order valence-electron chi connectivity index (χ2n) is 3.81. The highest BCUT2D eigenvalue weighted by molar-refractivity contribution is 5.30. The molecule has 1 heteroatoms. The molecule has 13 heavy (non-hydrogen) atoms. The predicted octanol–water partition coefficient (Wildman–Crippen LogP) is 3.45. The Morgan fingerprint density at radius 1 is 1.15 bits per heavy atom. The molecule has 0 radical (unpaired) electrons. The van der Waals surface area contributed by atoms with Crippen molar-refractivity contribution in [2.45, 2.75) is 26.7 Å². The molecule has 1 atom stereocenters. The van der Waals surface area contributed by atoms with Gasteiger partial charge in [0.15, 0.2) is 0 Å². The van der Waals surface area contributed by atoms with Crippen molar-refractivity contribution in [1.82, 2.24) is 0 Å². The van der Waals surface area contributed by atoms with Gasteiger partial charge < -0.3 is 4.74 Å². The first-order valence-electron chi connectivity index (χ1n) is 4.79. The summed E-state index contributed by atoms with van der Waals surface area (Å²) >= 11 is 0. The van der Waals surface area contributed by atoms with Crippen molar-refractivity contribution in [3.63, 3.8) is 0 Å². The molecule has 0 aliphatic heterocycles. The lowest BCUT2D eigenvalue weighted by atomic mass is 9.90. The normalized spacial score (nSPS) is 13.0. The Morgan fingerprint density at radius 3 is 2.38 bits per heavy atom. The molecule has 1 aromatic carbocycles. The summed E-state index contributed by atoms with van der Waals surface area (Å²) in [7, 11) is 1.71. The SMILES string of the molecule is COc1cccc([C@H](C)C(C)C)c1. The van der Waals surface area contributed by atoms with Gasteiger partial charge in [0.05, 0.1) is 7.11 Å². The summed E-state index contributed by atoms with van der Waals surface area (Å²) in [6.45, 7) is 6.73. The molecule has 0 saturated carbocycles. The number of ether oxygens (including phenoxy) is 1. The Balaban J connectivity index is 2.88. The molecule has 0 amide bonds. The smallest absolute Gasteiger partial charge is 0.119 e. The molecule has 72 valence electrons. The van der Waals surface area contributed by atoms with E-state index in [1.54, 1.807) is 7.11 Å². The van der Waals surface area contributed by atoms with Crippen LogP contribution in [0.2, 0.25) is 0 Å². The average Bonchev–Trinajstić information content (AvgIpc) is 2.16. The van der Waals surface area contributed by atoms with Gasteiger partial charge in [-0.1, -0.05) is 32.9 Å². The van der Waals surface area contributed by atoms with E-state index in [0.29, 0.717) is 11.8 Å². The summed E-state index contributed by atoms with van der Waals surface area (Å²) < 4.78 is 5.18. The van der Waals surface area contributed by atoms with Crippen LogP contribution in [0, 0.1) is 5.92 Å². The van der Waals surface area contributed by atoms with Gasteiger partial charge in [0.2, 0.25) is 0 Å². The van der Waals surface area contributed by atoms with E-state index in [9.17, 15) is 0 Å². The summed E-state index contributed by atoms with van der Waals surface area (Å²) in [6.07, 6.45) is 0. The first-order valence-corrected chi connectivity index (χ1v) is 4.79. The van der Waals surface area contributed by atoms with Crippen molar-refractivity contribution in [3.8, 4) is 5.75 Å². The van der Waals surface area contributed by atoms with E-state index in [2.05, 4.69) is 32.9 Å². The molecule has 0 aliphatic rings. The van der Waals surface area contributed by atoms with Gasteiger partial charge in [0.1, 0.15) is 5.75 Å². The zero-order valence-corrected chi connectivity index (χ0v) is 8.87. The highest BCUT2D eigenvalue weighted by Crippen LogP contribution is 2.26. The van der Waals surface area contributed by atoms with Crippen LogP contribution in [-0.4, -0.2) is 7.11 Å². The topological polar surface area (TPSA) is 9.23 Å². The lowest BCUT2D eigenvalue weighted by Crippen LogP contribution is -2.01. The molecule has 0 bridgehead atoms. The second kappa shape index (κ2) is 4.31. The molecular formula is C12H18O. The minimum absolute atomic E-state index is 0.593. The molecule has 0 spiro atoms. The van der Waals surface area contributed by atoms with Crippen LogP contribution >= 0.6 is 0 Å². The third kappa shape index (κ3) is 2.48. The first-order chi connectivity index (χ1) is 6.15. The maximum atomic E-state index is 5.18. The largest absolute Gasteiger partial charge is 0.497 e. The third-order valence-electron chi connectivity index (χ3n) is 2.62. The fourth-order valence-corrected chi connectivity index (χ4v) is 1.31. The average molecular weight is 178 g/mol. The zero-order chi connectivity index (χ0) is 9.84. The van der Waals surface area contributed by atoms with E-state index in [-0.39, 0.29) is 0 Å². The van der Waals surface area contributed by atoms with Gasteiger partial charge in [0.25, 0.3) is 0 Å². The van der Waals surface area contributed by atoms with Crippen LogP contribution in [0.4, 0.5) is 0 Å². The third-order valence-corrected chi connectivity index (χ3v) is 2.62. The Morgan fingerprint density at radius 2 is 1.85 bits per heavy atom. The number of benzene rings is 1. The number of hydrogen-bond donors (Lipinski definition) is 0. The molecule has 1 nitrogen and oxygen atoms in total. The number of hydrogen-bond acceptors (Lipinski definition) is 1. The molecule has 0 aromatic heterocycles. The highest BCUT2D eigenvalue weighted by Gasteiger charge is 2.09. The van der Waals surface area contributed by atoms with Crippen molar-refractivity contribution in [2.24, 2.45) is 5.92 Å². The Hall–Kier alpha value is -0.980. The summed E-state index contributed by atoms with van der Waals surface area (Å²) in [4.78, 5) is 0. The molecule has 0 heterocycles. The summed E-state index contributed by atoms with van der Waals surface area (Å²) in [5.41, 5.74) is 1.36. The standard InChI is InChI=1S/C12H18O/c1-9(2)10(3)11-6-5-7-12(8-11)13-4/h5-10H,1-4H3/t10-/m1/s1. The summed E-state index contributed by atoms with van der Waals surface area (Å²) in [6, 6.07) is 8.31. The minimum Gasteiger partial charge on any atom is -0.497 e. The predicted molar refractivity (Wildman–Crippen MR) is 56.2 cm³/mol. The van der Waals surface area contributed by atoms with Gasteiger partial charge in [-0.25, -0.2) is 0 Å². The summed E-state index contributed by atoms with van der Waals surface area (Å²) in [5, 5.41) is 0. The molecule has 0 unspecified atom stereocenters. The monoisotopic (exact) mass is 178 g/mol. The van der Waals surface area contributed by atoms with Gasteiger partial charge in [-0.05, 0) is 29.5 Å². The minimum atomic E-state index is 0.593. The molecule has 0 N–H and O–H groups in total. The zero-order valence-electron chi connectivity index (χ0n) is 8.87. The fourth-order valence-electron chi connectivity index (χ4n) is 1.31. The number of rotatable bonds is 3. The van der Waals surface area contributed by atoms with Crippen molar-refractivity contribution in [3.05, 3.63) is 29.8 Å². The van der Waals surface area contributed by atoms with Gasteiger partial charge in [-0.2, -0.15) is 0 Å². The lowest BCUT2D eigenvalue weighted by molar-refractivity contribution is 0.413. The maximum Gasteiger partial charge on any atom is 0.119 e. The van der Waals surface area contributed by atoms with Crippen molar-refractivity contribution < 1.29 is 4.74 Å². The fraction of sp³-hybridized carbons (Fsp3) is 0.500. The van der Waals surface area contributed by atoms with Gasteiger partial charge >= 0.3 is 0 Å². The van der Waals surface area contributed by atoms with Gasteiger partial charge in [-0.3, -0.25) is 0 Å². The maximum absolute atomic E-state index is 5.18. The second-order valence-corrected chi connectivity index (χ2v) is 3.81. The summed E-state index contributed by atoms with van der Waals surface area (Å²) in [5.74, 6) is 2.22. The highest BCUT2D eigenvalue weighted by atomic mass is 16.5. The Kier molecular flexibility index (Phi) is 3.35. The van der Waals surface area contributed by atoms with Crippen molar-refractivity contribution in [2.75, 3.05) is 7.11 Å². The molecule has 1 aromatic rings. The van der Waals surface area contributed by atoms with Crippen LogP contribution in [0.5, 0.6) is 5.75 Å². The van der Waals surface area contributed by atoms with Crippen LogP contribution in [0.1, 0.15) is 32.3 Å². The van der Waals surface area contributed by atoms with Crippen LogP contribution in [-0.2, 0) is 0 Å². The number of methoxy groups -OCH3 is 1. The van der Waals surface area contributed by atoms with Crippen molar-refractivity contribution >= 4 is 0 Å². The van der Waals surface area contributed by atoms with Crippen LogP contribution in [0.3, 0.4) is 0 Å². The lowest BCUT2D eigenvalue weighted by Gasteiger charge is -2.16. The van der Waals surface area contributed by atoms with Crippen LogP contribution < -0.4 is 4.74 Å². The quantitative estimate of drug-likeness (QED) is 0.688. The van der Waals surface area contributed by atoms with E-state index in [4.69, 9.17) is 4.74 Å². The Bertz CT molecular complexity index is 266.